The molecule has 2 aromatic carbocycles. The number of halogens is 1. The van der Waals surface area contributed by atoms with Crippen LogP contribution in [-0.4, -0.2) is 15.5 Å². The summed E-state index contributed by atoms with van der Waals surface area (Å²) in [5.41, 5.74) is 3.25. The van der Waals surface area contributed by atoms with Crippen LogP contribution in [0.5, 0.6) is 5.75 Å². The maximum absolute atomic E-state index is 13.4. The Bertz CT molecular complexity index is 793. The maximum atomic E-state index is 13.4. The van der Waals surface area contributed by atoms with E-state index in [2.05, 4.69) is 4.72 Å². The Labute approximate surface area is 130 Å². The van der Waals surface area contributed by atoms with E-state index in [4.69, 9.17) is 4.74 Å². The molecular formula is C16H18FNO3S. The minimum absolute atomic E-state index is 0.0508. The van der Waals surface area contributed by atoms with Crippen molar-refractivity contribution in [3.63, 3.8) is 0 Å². The van der Waals surface area contributed by atoms with Crippen molar-refractivity contribution in [1.82, 2.24) is 0 Å². The van der Waals surface area contributed by atoms with Gasteiger partial charge in [-0.3, -0.25) is 4.72 Å². The first-order chi connectivity index (χ1) is 10.2. The fraction of sp³-hybridized carbons (Fsp3) is 0.250. The first kappa shape index (κ1) is 16.3. The summed E-state index contributed by atoms with van der Waals surface area (Å²) in [6.45, 7) is 5.62. The number of hydrogen-bond acceptors (Lipinski definition) is 3. The van der Waals surface area contributed by atoms with Gasteiger partial charge in [0.15, 0.2) is 11.6 Å². The molecule has 22 heavy (non-hydrogen) atoms. The summed E-state index contributed by atoms with van der Waals surface area (Å²) < 4.78 is 45.8. The molecule has 0 unspecified atom stereocenters. The molecule has 0 aromatic heterocycles. The monoisotopic (exact) mass is 323 g/mol. The summed E-state index contributed by atoms with van der Waals surface area (Å²) in [6.07, 6.45) is 0. The summed E-state index contributed by atoms with van der Waals surface area (Å²) in [5, 5.41) is 0. The van der Waals surface area contributed by atoms with E-state index in [1.165, 1.54) is 13.2 Å². The summed E-state index contributed by atoms with van der Waals surface area (Å²) in [5.74, 6) is -0.718. The molecule has 6 heteroatoms. The highest BCUT2D eigenvalue weighted by molar-refractivity contribution is 7.92. The number of anilines is 1. The molecule has 0 aliphatic carbocycles. The first-order valence-electron chi connectivity index (χ1n) is 6.69. The van der Waals surface area contributed by atoms with E-state index in [1.807, 2.05) is 32.9 Å². The first-order valence-corrected chi connectivity index (χ1v) is 8.17. The highest BCUT2D eigenvalue weighted by atomic mass is 32.2. The van der Waals surface area contributed by atoms with Crippen LogP contribution in [0.2, 0.25) is 0 Å². The summed E-state index contributed by atoms with van der Waals surface area (Å²) in [4.78, 5) is -0.0508. The molecule has 0 amide bonds. The van der Waals surface area contributed by atoms with E-state index in [-0.39, 0.29) is 10.6 Å². The van der Waals surface area contributed by atoms with E-state index in [0.29, 0.717) is 5.69 Å². The zero-order valence-electron chi connectivity index (χ0n) is 12.9. The Morgan fingerprint density at radius 3 is 2.18 bits per heavy atom. The third kappa shape index (κ3) is 3.22. The Kier molecular flexibility index (Phi) is 4.42. The second kappa shape index (κ2) is 5.96. The normalized spacial score (nSPS) is 11.3. The minimum atomic E-state index is -3.82. The molecule has 0 bridgehead atoms. The molecule has 0 heterocycles. The van der Waals surface area contributed by atoms with Crippen LogP contribution < -0.4 is 9.46 Å². The van der Waals surface area contributed by atoms with E-state index < -0.39 is 15.8 Å². The quantitative estimate of drug-likeness (QED) is 0.936. The van der Waals surface area contributed by atoms with Crippen LogP contribution in [0.3, 0.4) is 0 Å². The molecule has 4 nitrogen and oxygen atoms in total. The maximum Gasteiger partial charge on any atom is 0.262 e. The van der Waals surface area contributed by atoms with Gasteiger partial charge in [-0.1, -0.05) is 17.7 Å². The van der Waals surface area contributed by atoms with Crippen molar-refractivity contribution >= 4 is 15.7 Å². The van der Waals surface area contributed by atoms with Crippen molar-refractivity contribution in [2.45, 2.75) is 25.7 Å². The summed E-state index contributed by atoms with van der Waals surface area (Å²) in [7, 11) is -2.53. The topological polar surface area (TPSA) is 55.4 Å². The fourth-order valence-electron chi connectivity index (χ4n) is 2.34. The Balaban J connectivity index is 2.45. The highest BCUT2D eigenvalue weighted by Crippen LogP contribution is 2.27. The number of benzene rings is 2. The van der Waals surface area contributed by atoms with Gasteiger partial charge in [-0.15, -0.1) is 0 Å². The third-order valence-electron chi connectivity index (χ3n) is 3.35. The molecule has 0 atom stereocenters. The van der Waals surface area contributed by atoms with Gasteiger partial charge < -0.3 is 4.74 Å². The lowest BCUT2D eigenvalue weighted by atomic mass is 10.1. The van der Waals surface area contributed by atoms with Gasteiger partial charge in [0.1, 0.15) is 0 Å². The van der Waals surface area contributed by atoms with E-state index >= 15 is 0 Å². The zero-order chi connectivity index (χ0) is 16.5. The molecule has 0 radical (unpaired) electrons. The van der Waals surface area contributed by atoms with Crippen LogP contribution in [0.4, 0.5) is 10.1 Å². The van der Waals surface area contributed by atoms with Crippen molar-refractivity contribution in [1.29, 1.82) is 0 Å². The summed E-state index contributed by atoms with van der Waals surface area (Å²) in [6, 6.07) is 7.24. The van der Waals surface area contributed by atoms with Crippen molar-refractivity contribution < 1.29 is 17.5 Å². The molecule has 1 N–H and O–H groups in total. The van der Waals surface area contributed by atoms with Crippen molar-refractivity contribution in [3.8, 4) is 5.75 Å². The van der Waals surface area contributed by atoms with E-state index in [1.54, 1.807) is 0 Å². The minimum Gasteiger partial charge on any atom is -0.494 e. The third-order valence-corrected chi connectivity index (χ3v) is 4.69. The van der Waals surface area contributed by atoms with Gasteiger partial charge in [-0.25, -0.2) is 12.8 Å². The molecular weight excluding hydrogens is 305 g/mol. The number of rotatable bonds is 4. The van der Waals surface area contributed by atoms with Gasteiger partial charge in [-0.05, 0) is 44.0 Å². The average Bonchev–Trinajstić information content (AvgIpc) is 2.43. The number of sulfonamides is 1. The van der Waals surface area contributed by atoms with Crippen LogP contribution in [0.25, 0.3) is 0 Å². The zero-order valence-corrected chi connectivity index (χ0v) is 13.7. The smallest absolute Gasteiger partial charge is 0.262 e. The molecule has 0 saturated heterocycles. The number of methoxy groups -OCH3 is 1. The number of hydrogen-bond donors (Lipinski definition) is 1. The predicted octanol–water partition coefficient (Wildman–Crippen LogP) is 3.56. The molecule has 2 rings (SSSR count). The van der Waals surface area contributed by atoms with Crippen molar-refractivity contribution in [3.05, 3.63) is 52.8 Å². The molecule has 2 aromatic rings. The van der Waals surface area contributed by atoms with Gasteiger partial charge in [0.2, 0.25) is 0 Å². The molecule has 0 aliphatic heterocycles. The van der Waals surface area contributed by atoms with Gasteiger partial charge in [0.05, 0.1) is 17.7 Å². The van der Waals surface area contributed by atoms with Gasteiger partial charge in [0, 0.05) is 6.07 Å². The van der Waals surface area contributed by atoms with Crippen LogP contribution in [0.15, 0.2) is 35.2 Å². The highest BCUT2D eigenvalue weighted by Gasteiger charge is 2.19. The van der Waals surface area contributed by atoms with Gasteiger partial charge in [-0.2, -0.15) is 0 Å². The Morgan fingerprint density at radius 2 is 1.64 bits per heavy atom. The van der Waals surface area contributed by atoms with Crippen LogP contribution >= 0.6 is 0 Å². The Morgan fingerprint density at radius 1 is 1.05 bits per heavy atom. The standard InChI is InChI=1S/C16H18FNO3S/c1-10-7-11(2)16(12(3)8-10)18-22(19,20)13-5-6-14(17)15(9-13)21-4/h5-9,18H,1-4H3. The lowest BCUT2D eigenvalue weighted by Gasteiger charge is -2.15. The SMILES string of the molecule is COc1cc(S(=O)(=O)Nc2c(C)cc(C)cc2C)ccc1F. The van der Waals surface area contributed by atoms with Crippen LogP contribution in [0.1, 0.15) is 16.7 Å². The molecule has 0 spiro atoms. The average molecular weight is 323 g/mol. The second-order valence-corrected chi connectivity index (χ2v) is 6.86. The largest absolute Gasteiger partial charge is 0.494 e. The lowest BCUT2D eigenvalue weighted by Crippen LogP contribution is -2.15. The van der Waals surface area contributed by atoms with E-state index in [9.17, 15) is 12.8 Å². The van der Waals surface area contributed by atoms with Crippen molar-refractivity contribution in [2.24, 2.45) is 0 Å². The number of ether oxygens (including phenoxy) is 1. The molecule has 0 aliphatic rings. The predicted molar refractivity (Wildman–Crippen MR) is 84.4 cm³/mol. The summed E-state index contributed by atoms with van der Waals surface area (Å²) >= 11 is 0. The molecule has 0 saturated carbocycles. The number of aryl methyl sites for hydroxylation is 3. The second-order valence-electron chi connectivity index (χ2n) is 5.18. The van der Waals surface area contributed by atoms with Crippen LogP contribution in [0, 0.1) is 26.6 Å². The lowest BCUT2D eigenvalue weighted by molar-refractivity contribution is 0.385. The van der Waals surface area contributed by atoms with Gasteiger partial charge in [0.25, 0.3) is 10.0 Å². The number of nitrogens with one attached hydrogen (secondary N) is 1. The van der Waals surface area contributed by atoms with Gasteiger partial charge >= 0.3 is 0 Å². The Hall–Kier alpha value is -2.08. The molecule has 0 fully saturated rings. The fourth-order valence-corrected chi connectivity index (χ4v) is 3.56. The van der Waals surface area contributed by atoms with E-state index in [0.717, 1.165) is 28.8 Å². The van der Waals surface area contributed by atoms with Crippen LogP contribution in [-0.2, 0) is 10.0 Å². The van der Waals surface area contributed by atoms with Crippen molar-refractivity contribution in [2.75, 3.05) is 11.8 Å². The molecule has 118 valence electrons.